The second-order valence-corrected chi connectivity index (χ2v) is 6.16. The van der Waals surface area contributed by atoms with Crippen LogP contribution in [0.5, 0.6) is 0 Å². The van der Waals surface area contributed by atoms with E-state index in [0.29, 0.717) is 12.1 Å². The molecule has 0 rings (SSSR count). The van der Waals surface area contributed by atoms with Gasteiger partial charge in [0, 0.05) is 34.9 Å². The van der Waals surface area contributed by atoms with Crippen LogP contribution in [0.1, 0.15) is 40.5 Å². The van der Waals surface area contributed by atoms with Crippen LogP contribution in [0.3, 0.4) is 0 Å². The van der Waals surface area contributed by atoms with Gasteiger partial charge in [-0.05, 0) is 32.6 Å². The first-order valence-corrected chi connectivity index (χ1v) is 7.20. The van der Waals surface area contributed by atoms with E-state index in [1.807, 2.05) is 0 Å². The maximum Gasteiger partial charge on any atom is 0.0383 e. The third kappa shape index (κ3) is 8.70. The highest BCUT2D eigenvalue weighted by molar-refractivity contribution is 7.84. The highest BCUT2D eigenvalue weighted by Gasteiger charge is 2.08. The Morgan fingerprint density at radius 3 is 2.07 bits per heavy atom. The molecule has 0 aromatic heterocycles. The molecule has 0 aliphatic carbocycles. The van der Waals surface area contributed by atoms with E-state index < -0.39 is 10.8 Å². The molecule has 14 heavy (non-hydrogen) atoms. The molecule has 0 radical (unpaired) electrons. The van der Waals surface area contributed by atoms with E-state index in [1.54, 1.807) is 6.26 Å². The smallest absolute Gasteiger partial charge is 0.0383 e. The molecule has 0 fully saturated rings. The molecule has 0 heterocycles. The van der Waals surface area contributed by atoms with E-state index >= 15 is 0 Å². The Bertz CT molecular complexity index is 171. The van der Waals surface area contributed by atoms with Gasteiger partial charge in [0.05, 0.1) is 0 Å². The van der Waals surface area contributed by atoms with E-state index in [4.69, 9.17) is 0 Å². The Morgan fingerprint density at radius 2 is 1.64 bits per heavy atom. The van der Waals surface area contributed by atoms with Crippen molar-refractivity contribution < 1.29 is 4.21 Å². The molecule has 0 saturated heterocycles. The Kier molecular flexibility index (Phi) is 7.47. The molecule has 3 atom stereocenters. The Labute approximate surface area is 91.3 Å². The molecule has 0 aliphatic rings. The third-order valence-corrected chi connectivity index (χ3v) is 3.20. The predicted octanol–water partition coefficient (Wildman–Crippen LogP) is 2.17. The average molecular weight is 219 g/mol. The Hall–Kier alpha value is 0.110. The molecular formula is C11H25NOS. The fourth-order valence-corrected chi connectivity index (χ4v) is 2.35. The molecule has 86 valence electrons. The summed E-state index contributed by atoms with van der Waals surface area (Å²) in [4.78, 5) is 0. The van der Waals surface area contributed by atoms with Crippen molar-refractivity contribution >= 4 is 10.8 Å². The highest BCUT2D eigenvalue weighted by Crippen LogP contribution is 2.06. The van der Waals surface area contributed by atoms with Crippen molar-refractivity contribution in [1.82, 2.24) is 5.32 Å². The summed E-state index contributed by atoms with van der Waals surface area (Å²) in [5, 5.41) is 3.47. The number of hydrogen-bond donors (Lipinski definition) is 1. The van der Waals surface area contributed by atoms with Gasteiger partial charge in [0.1, 0.15) is 0 Å². The van der Waals surface area contributed by atoms with Gasteiger partial charge in [-0.1, -0.05) is 13.8 Å². The van der Waals surface area contributed by atoms with E-state index in [2.05, 4.69) is 33.0 Å². The van der Waals surface area contributed by atoms with Crippen molar-refractivity contribution in [2.24, 2.45) is 5.92 Å². The largest absolute Gasteiger partial charge is 0.311 e. The lowest BCUT2D eigenvalue weighted by Crippen LogP contribution is -2.37. The first-order chi connectivity index (χ1) is 6.41. The zero-order valence-corrected chi connectivity index (χ0v) is 11.0. The second kappa shape index (κ2) is 7.41. The van der Waals surface area contributed by atoms with Crippen LogP contribution >= 0.6 is 0 Å². The van der Waals surface area contributed by atoms with Crippen LogP contribution in [-0.4, -0.2) is 28.3 Å². The number of hydrogen-bond acceptors (Lipinski definition) is 2. The first kappa shape index (κ1) is 14.1. The lowest BCUT2D eigenvalue weighted by Gasteiger charge is -2.19. The lowest BCUT2D eigenvalue weighted by atomic mass is 10.0. The van der Waals surface area contributed by atoms with Crippen molar-refractivity contribution in [3.63, 3.8) is 0 Å². The second-order valence-electron chi connectivity index (χ2n) is 4.68. The Morgan fingerprint density at radius 1 is 1.07 bits per heavy atom. The third-order valence-electron chi connectivity index (χ3n) is 2.23. The van der Waals surface area contributed by atoms with Gasteiger partial charge in [0.15, 0.2) is 0 Å². The SMILES string of the molecule is CC(C)CCC(C)NC(C)CS(C)=O. The summed E-state index contributed by atoms with van der Waals surface area (Å²) >= 11 is 0. The normalized spacial score (nSPS) is 18.1. The van der Waals surface area contributed by atoms with Crippen LogP contribution in [0.15, 0.2) is 0 Å². The fourth-order valence-electron chi connectivity index (χ4n) is 1.55. The number of nitrogens with one attached hydrogen (secondary N) is 1. The fraction of sp³-hybridized carbons (Fsp3) is 1.00. The van der Waals surface area contributed by atoms with Crippen LogP contribution in [0.4, 0.5) is 0 Å². The minimum absolute atomic E-state index is 0.364. The summed E-state index contributed by atoms with van der Waals surface area (Å²) < 4.78 is 11.0. The van der Waals surface area contributed by atoms with Gasteiger partial charge in [-0.3, -0.25) is 4.21 Å². The topological polar surface area (TPSA) is 29.1 Å². The summed E-state index contributed by atoms with van der Waals surface area (Å²) in [6.07, 6.45) is 4.23. The molecule has 3 heteroatoms. The Balaban J connectivity index is 3.59. The van der Waals surface area contributed by atoms with Crippen molar-refractivity contribution in [3.05, 3.63) is 0 Å². The molecule has 0 bridgehead atoms. The summed E-state index contributed by atoms with van der Waals surface area (Å²) in [6, 6.07) is 0.902. The summed E-state index contributed by atoms with van der Waals surface area (Å²) in [5.41, 5.74) is 0. The molecule has 0 aliphatic heterocycles. The minimum atomic E-state index is -0.687. The van der Waals surface area contributed by atoms with Gasteiger partial charge in [0.25, 0.3) is 0 Å². The number of rotatable bonds is 7. The summed E-state index contributed by atoms with van der Waals surface area (Å²) in [5.74, 6) is 1.53. The van der Waals surface area contributed by atoms with E-state index in [-0.39, 0.29) is 0 Å². The summed E-state index contributed by atoms with van der Waals surface area (Å²) in [6.45, 7) is 8.80. The van der Waals surface area contributed by atoms with Gasteiger partial charge in [-0.25, -0.2) is 0 Å². The molecule has 1 N–H and O–H groups in total. The molecular weight excluding hydrogens is 194 g/mol. The van der Waals surface area contributed by atoms with Crippen LogP contribution in [0.2, 0.25) is 0 Å². The maximum absolute atomic E-state index is 11.0. The van der Waals surface area contributed by atoms with Crippen molar-refractivity contribution in [2.45, 2.75) is 52.6 Å². The molecule has 0 aromatic carbocycles. The minimum Gasteiger partial charge on any atom is -0.311 e. The van der Waals surface area contributed by atoms with Crippen molar-refractivity contribution in [2.75, 3.05) is 12.0 Å². The van der Waals surface area contributed by atoms with E-state index in [1.165, 1.54) is 12.8 Å². The van der Waals surface area contributed by atoms with Crippen LogP contribution in [-0.2, 0) is 10.8 Å². The van der Waals surface area contributed by atoms with E-state index in [0.717, 1.165) is 11.7 Å². The van der Waals surface area contributed by atoms with Gasteiger partial charge in [0.2, 0.25) is 0 Å². The highest BCUT2D eigenvalue weighted by atomic mass is 32.2. The van der Waals surface area contributed by atoms with Crippen LogP contribution in [0.25, 0.3) is 0 Å². The monoisotopic (exact) mass is 219 g/mol. The van der Waals surface area contributed by atoms with Crippen LogP contribution in [0, 0.1) is 5.92 Å². The molecule has 3 unspecified atom stereocenters. The molecule has 0 saturated carbocycles. The molecule has 0 amide bonds. The average Bonchev–Trinajstić information content (AvgIpc) is 1.98. The van der Waals surface area contributed by atoms with E-state index in [9.17, 15) is 4.21 Å². The lowest BCUT2D eigenvalue weighted by molar-refractivity contribution is 0.425. The maximum atomic E-state index is 11.0. The van der Waals surface area contributed by atoms with Gasteiger partial charge in [-0.15, -0.1) is 0 Å². The van der Waals surface area contributed by atoms with Gasteiger partial charge < -0.3 is 5.32 Å². The summed E-state index contributed by atoms with van der Waals surface area (Å²) in [7, 11) is -0.687. The molecule has 2 nitrogen and oxygen atoms in total. The van der Waals surface area contributed by atoms with Crippen LogP contribution < -0.4 is 5.32 Å². The van der Waals surface area contributed by atoms with Gasteiger partial charge >= 0.3 is 0 Å². The van der Waals surface area contributed by atoms with Crippen molar-refractivity contribution in [3.8, 4) is 0 Å². The predicted molar refractivity (Wildman–Crippen MR) is 65.1 cm³/mol. The zero-order valence-electron chi connectivity index (χ0n) is 10.2. The van der Waals surface area contributed by atoms with Crippen molar-refractivity contribution in [1.29, 1.82) is 0 Å². The van der Waals surface area contributed by atoms with Gasteiger partial charge in [-0.2, -0.15) is 0 Å². The quantitative estimate of drug-likeness (QED) is 0.711. The standard InChI is InChI=1S/C11H25NOS/c1-9(2)6-7-10(3)12-11(4)8-14(5)13/h9-12H,6-8H2,1-5H3. The zero-order chi connectivity index (χ0) is 11.1. The first-order valence-electron chi connectivity index (χ1n) is 5.48. The molecule has 0 aromatic rings. The molecule has 0 spiro atoms.